The maximum atomic E-state index is 10.6. The summed E-state index contributed by atoms with van der Waals surface area (Å²) < 4.78 is 0. The minimum atomic E-state index is -0.193. The van der Waals surface area contributed by atoms with Gasteiger partial charge in [0.15, 0.2) is 0 Å². The highest BCUT2D eigenvalue weighted by Crippen LogP contribution is 2.38. The van der Waals surface area contributed by atoms with Gasteiger partial charge < -0.3 is 4.79 Å². The zero-order chi connectivity index (χ0) is 8.41. The largest absolute Gasteiger partial charge is 0.303 e. The second kappa shape index (κ2) is 2.73. The maximum absolute atomic E-state index is 10.6. The Bertz CT molecular complexity index is 123. The third kappa shape index (κ3) is 1.59. The van der Waals surface area contributed by atoms with Gasteiger partial charge in [0, 0.05) is 5.41 Å². The Labute approximate surface area is 63.8 Å². The van der Waals surface area contributed by atoms with Crippen LogP contribution in [-0.4, -0.2) is 6.29 Å². The fourth-order valence-electron chi connectivity index (χ4n) is 0.615. The van der Waals surface area contributed by atoms with Gasteiger partial charge in [0.1, 0.15) is 6.29 Å². The number of hydrogen-bond donors (Lipinski definition) is 0. The Kier molecular flexibility index (Phi) is 2.64. The van der Waals surface area contributed by atoms with Crippen LogP contribution in [0.3, 0.4) is 0 Å². The summed E-state index contributed by atoms with van der Waals surface area (Å²) in [5.74, 6) is 0. The molecule has 0 aliphatic carbocycles. The van der Waals surface area contributed by atoms with Gasteiger partial charge in [0.2, 0.25) is 0 Å². The van der Waals surface area contributed by atoms with Gasteiger partial charge in [-0.25, -0.2) is 0 Å². The fraction of sp³-hybridized carbons (Fsp3) is 0.889. The van der Waals surface area contributed by atoms with Gasteiger partial charge in [-0.05, 0) is 5.41 Å². The van der Waals surface area contributed by atoms with Crippen LogP contribution >= 0.6 is 0 Å². The average Bonchev–Trinajstić information content (AvgIpc) is 1.88. The van der Waals surface area contributed by atoms with E-state index in [0.717, 1.165) is 12.7 Å². The van der Waals surface area contributed by atoms with E-state index in [2.05, 4.69) is 20.8 Å². The molecule has 0 aromatic heterocycles. The molecule has 0 saturated carbocycles. The van der Waals surface area contributed by atoms with Crippen molar-refractivity contribution in [3.05, 3.63) is 0 Å². The average molecular weight is 142 g/mol. The first-order valence-electron chi connectivity index (χ1n) is 3.84. The van der Waals surface area contributed by atoms with Crippen molar-refractivity contribution in [1.82, 2.24) is 0 Å². The minimum Gasteiger partial charge on any atom is -0.303 e. The molecule has 0 heterocycles. The summed E-state index contributed by atoms with van der Waals surface area (Å²) in [6.07, 6.45) is 2.09. The van der Waals surface area contributed by atoms with Crippen LogP contribution in [0.1, 0.15) is 41.0 Å². The molecule has 0 spiro atoms. The molecule has 0 amide bonds. The number of rotatable bonds is 3. The molecule has 1 nitrogen and oxygen atoms in total. The molecule has 1 heteroatoms. The van der Waals surface area contributed by atoms with Crippen molar-refractivity contribution in [2.45, 2.75) is 41.0 Å². The fourth-order valence-corrected chi connectivity index (χ4v) is 0.615. The molecule has 0 N–H and O–H groups in total. The lowest BCUT2D eigenvalue weighted by atomic mass is 9.67. The third-order valence-corrected chi connectivity index (χ3v) is 2.92. The molecule has 0 saturated heterocycles. The van der Waals surface area contributed by atoms with Crippen molar-refractivity contribution in [1.29, 1.82) is 0 Å². The number of hydrogen-bond acceptors (Lipinski definition) is 1. The minimum absolute atomic E-state index is 0.120. The summed E-state index contributed by atoms with van der Waals surface area (Å²) in [6, 6.07) is 0. The lowest BCUT2D eigenvalue weighted by Gasteiger charge is -2.36. The molecule has 0 aromatic carbocycles. The summed E-state index contributed by atoms with van der Waals surface area (Å²) in [5.41, 5.74) is -0.0729. The highest BCUT2D eigenvalue weighted by Gasteiger charge is 2.34. The Hall–Kier alpha value is -0.330. The number of carbonyl (C=O) groups is 1. The molecule has 0 aliphatic heterocycles. The van der Waals surface area contributed by atoms with E-state index in [1.165, 1.54) is 0 Å². The summed E-state index contributed by atoms with van der Waals surface area (Å²) in [5, 5.41) is 0. The summed E-state index contributed by atoms with van der Waals surface area (Å²) in [6.45, 7) is 10.3. The Morgan fingerprint density at radius 3 is 1.70 bits per heavy atom. The van der Waals surface area contributed by atoms with Gasteiger partial charge in [-0.15, -0.1) is 0 Å². The molecule has 0 rings (SSSR count). The molecular formula is C9H18O. The van der Waals surface area contributed by atoms with Crippen molar-refractivity contribution in [3.8, 4) is 0 Å². The number of aldehydes is 1. The van der Waals surface area contributed by atoms with Crippen molar-refractivity contribution in [2.75, 3.05) is 0 Å². The van der Waals surface area contributed by atoms with Crippen LogP contribution in [0.15, 0.2) is 0 Å². The summed E-state index contributed by atoms with van der Waals surface area (Å²) in [7, 11) is 0. The van der Waals surface area contributed by atoms with E-state index in [4.69, 9.17) is 0 Å². The van der Waals surface area contributed by atoms with Gasteiger partial charge in [-0.2, -0.15) is 0 Å². The van der Waals surface area contributed by atoms with Crippen LogP contribution in [0, 0.1) is 10.8 Å². The van der Waals surface area contributed by atoms with Crippen LogP contribution in [0.5, 0.6) is 0 Å². The van der Waals surface area contributed by atoms with Crippen molar-refractivity contribution < 1.29 is 4.79 Å². The smallest absolute Gasteiger partial charge is 0.126 e. The van der Waals surface area contributed by atoms with Crippen LogP contribution in [0.4, 0.5) is 0 Å². The van der Waals surface area contributed by atoms with Gasteiger partial charge in [-0.1, -0.05) is 41.0 Å². The van der Waals surface area contributed by atoms with E-state index in [9.17, 15) is 4.79 Å². The third-order valence-electron chi connectivity index (χ3n) is 2.92. The van der Waals surface area contributed by atoms with E-state index in [-0.39, 0.29) is 10.8 Å². The highest BCUT2D eigenvalue weighted by atomic mass is 16.1. The van der Waals surface area contributed by atoms with Crippen molar-refractivity contribution in [3.63, 3.8) is 0 Å². The van der Waals surface area contributed by atoms with E-state index < -0.39 is 0 Å². The Balaban J connectivity index is 4.43. The van der Waals surface area contributed by atoms with E-state index in [1.807, 2.05) is 13.8 Å². The zero-order valence-corrected chi connectivity index (χ0v) is 7.69. The SMILES string of the molecule is CCC(C)(C)C(C)(C)C=O. The zero-order valence-electron chi connectivity index (χ0n) is 7.69. The van der Waals surface area contributed by atoms with E-state index in [0.29, 0.717) is 0 Å². The molecule has 0 atom stereocenters. The molecule has 0 radical (unpaired) electrons. The second-order valence-electron chi connectivity index (χ2n) is 4.08. The number of carbonyl (C=O) groups excluding carboxylic acids is 1. The first kappa shape index (κ1) is 9.67. The van der Waals surface area contributed by atoms with Crippen LogP contribution in [0.25, 0.3) is 0 Å². The standard InChI is InChI=1S/C9H18O/c1-6-8(2,3)9(4,5)7-10/h7H,6H2,1-5H3. The van der Waals surface area contributed by atoms with Gasteiger partial charge in [0.25, 0.3) is 0 Å². The molecule has 0 aliphatic rings. The van der Waals surface area contributed by atoms with Crippen molar-refractivity contribution >= 4 is 6.29 Å². The summed E-state index contributed by atoms with van der Waals surface area (Å²) in [4.78, 5) is 10.6. The lowest BCUT2D eigenvalue weighted by molar-refractivity contribution is -0.120. The van der Waals surface area contributed by atoms with E-state index >= 15 is 0 Å². The van der Waals surface area contributed by atoms with Gasteiger partial charge in [-0.3, -0.25) is 0 Å². The predicted molar refractivity (Wildman–Crippen MR) is 43.9 cm³/mol. The highest BCUT2D eigenvalue weighted by molar-refractivity contribution is 5.59. The monoisotopic (exact) mass is 142 g/mol. The normalized spacial score (nSPS) is 13.3. The van der Waals surface area contributed by atoms with Crippen LogP contribution in [-0.2, 0) is 4.79 Å². The van der Waals surface area contributed by atoms with Crippen LogP contribution in [0.2, 0.25) is 0 Å². The first-order chi connectivity index (χ1) is 4.37. The molecule has 0 bridgehead atoms. The first-order valence-corrected chi connectivity index (χ1v) is 3.84. The van der Waals surface area contributed by atoms with Gasteiger partial charge in [0.05, 0.1) is 0 Å². The van der Waals surface area contributed by atoms with Crippen LogP contribution < -0.4 is 0 Å². The lowest BCUT2D eigenvalue weighted by Crippen LogP contribution is -2.33. The second-order valence-corrected chi connectivity index (χ2v) is 4.08. The molecule has 60 valence electrons. The predicted octanol–water partition coefficient (Wildman–Crippen LogP) is 2.65. The van der Waals surface area contributed by atoms with E-state index in [1.54, 1.807) is 0 Å². The van der Waals surface area contributed by atoms with Crippen molar-refractivity contribution in [2.24, 2.45) is 10.8 Å². The molecule has 10 heavy (non-hydrogen) atoms. The Morgan fingerprint density at radius 2 is 1.60 bits per heavy atom. The quantitative estimate of drug-likeness (QED) is 0.554. The molecular weight excluding hydrogens is 124 g/mol. The maximum Gasteiger partial charge on any atom is 0.126 e. The Morgan fingerprint density at radius 1 is 1.20 bits per heavy atom. The summed E-state index contributed by atoms with van der Waals surface area (Å²) >= 11 is 0. The van der Waals surface area contributed by atoms with Gasteiger partial charge >= 0.3 is 0 Å². The molecule has 0 fully saturated rings. The topological polar surface area (TPSA) is 17.1 Å². The molecule has 0 unspecified atom stereocenters. The molecule has 0 aromatic rings.